The third kappa shape index (κ3) is 1.94. The lowest BCUT2D eigenvalue weighted by Gasteiger charge is -2.30. The maximum atomic E-state index is 8.42. The molecule has 1 aliphatic heterocycles. The SMILES string of the molecule is CC1(C)CCCN1CCC#N. The normalized spacial score (nSPS) is 23.4. The Labute approximate surface area is 68.8 Å². The molecule has 0 aromatic rings. The van der Waals surface area contributed by atoms with Crippen molar-refractivity contribution in [1.29, 1.82) is 5.26 Å². The van der Waals surface area contributed by atoms with Gasteiger partial charge in [0.1, 0.15) is 0 Å². The lowest BCUT2D eigenvalue weighted by atomic mass is 10.0. The van der Waals surface area contributed by atoms with Gasteiger partial charge in [0.05, 0.1) is 6.07 Å². The van der Waals surface area contributed by atoms with Crippen molar-refractivity contribution in [1.82, 2.24) is 4.90 Å². The first-order valence-electron chi connectivity index (χ1n) is 4.29. The standard InChI is InChI=1S/C9H16N2/c1-9(2)5-3-7-11(9)8-4-6-10/h3-5,7-8H2,1-2H3. The van der Waals surface area contributed by atoms with Crippen molar-refractivity contribution < 1.29 is 0 Å². The molecule has 0 amide bonds. The van der Waals surface area contributed by atoms with Crippen LogP contribution in [0.2, 0.25) is 0 Å². The molecule has 2 nitrogen and oxygen atoms in total. The Morgan fingerprint density at radius 2 is 2.27 bits per heavy atom. The molecule has 0 bridgehead atoms. The summed E-state index contributed by atoms with van der Waals surface area (Å²) < 4.78 is 0. The van der Waals surface area contributed by atoms with Crippen molar-refractivity contribution in [3.63, 3.8) is 0 Å². The fraction of sp³-hybridized carbons (Fsp3) is 0.889. The summed E-state index contributed by atoms with van der Waals surface area (Å²) >= 11 is 0. The first-order valence-corrected chi connectivity index (χ1v) is 4.29. The van der Waals surface area contributed by atoms with Gasteiger partial charge < -0.3 is 0 Å². The van der Waals surface area contributed by atoms with Crippen molar-refractivity contribution >= 4 is 0 Å². The third-order valence-electron chi connectivity index (χ3n) is 2.57. The largest absolute Gasteiger partial charge is 0.297 e. The maximum Gasteiger partial charge on any atom is 0.0635 e. The minimum Gasteiger partial charge on any atom is -0.297 e. The Morgan fingerprint density at radius 1 is 1.55 bits per heavy atom. The summed E-state index contributed by atoms with van der Waals surface area (Å²) in [6.07, 6.45) is 3.24. The number of nitrogens with zero attached hydrogens (tertiary/aromatic N) is 2. The molecule has 11 heavy (non-hydrogen) atoms. The topological polar surface area (TPSA) is 27.0 Å². The lowest BCUT2D eigenvalue weighted by molar-refractivity contribution is 0.179. The van der Waals surface area contributed by atoms with Crippen LogP contribution in [0.1, 0.15) is 33.1 Å². The summed E-state index contributed by atoms with van der Waals surface area (Å²) in [5, 5.41) is 8.42. The molecule has 0 saturated carbocycles. The van der Waals surface area contributed by atoms with Gasteiger partial charge in [0.25, 0.3) is 0 Å². The van der Waals surface area contributed by atoms with Crippen LogP contribution in [0.5, 0.6) is 0 Å². The van der Waals surface area contributed by atoms with E-state index in [0.29, 0.717) is 12.0 Å². The number of nitriles is 1. The molecule has 1 aliphatic rings. The highest BCUT2D eigenvalue weighted by Gasteiger charge is 2.30. The van der Waals surface area contributed by atoms with E-state index in [4.69, 9.17) is 5.26 Å². The van der Waals surface area contributed by atoms with Crippen molar-refractivity contribution in [2.24, 2.45) is 0 Å². The zero-order valence-electron chi connectivity index (χ0n) is 7.43. The van der Waals surface area contributed by atoms with Crippen LogP contribution in [0.3, 0.4) is 0 Å². The molecule has 0 radical (unpaired) electrons. The Bertz CT molecular complexity index is 167. The zero-order chi connectivity index (χ0) is 8.32. The van der Waals surface area contributed by atoms with Crippen molar-refractivity contribution in [2.75, 3.05) is 13.1 Å². The van der Waals surface area contributed by atoms with Gasteiger partial charge in [0.2, 0.25) is 0 Å². The fourth-order valence-electron chi connectivity index (χ4n) is 1.76. The molecule has 62 valence electrons. The monoisotopic (exact) mass is 152 g/mol. The van der Waals surface area contributed by atoms with Crippen LogP contribution in [0.15, 0.2) is 0 Å². The van der Waals surface area contributed by atoms with Gasteiger partial charge >= 0.3 is 0 Å². The first kappa shape index (κ1) is 8.55. The van der Waals surface area contributed by atoms with Crippen LogP contribution in [0.4, 0.5) is 0 Å². The van der Waals surface area contributed by atoms with Gasteiger partial charge in [0, 0.05) is 18.5 Å². The van der Waals surface area contributed by atoms with Crippen LogP contribution in [0.25, 0.3) is 0 Å². The molecule has 1 rings (SSSR count). The Kier molecular flexibility index (Phi) is 2.51. The van der Waals surface area contributed by atoms with Gasteiger partial charge in [-0.1, -0.05) is 0 Å². The van der Waals surface area contributed by atoms with E-state index in [9.17, 15) is 0 Å². The Balaban J connectivity index is 2.40. The van der Waals surface area contributed by atoms with E-state index in [2.05, 4.69) is 24.8 Å². The summed E-state index contributed by atoms with van der Waals surface area (Å²) in [6.45, 7) is 6.65. The van der Waals surface area contributed by atoms with Crippen LogP contribution in [-0.4, -0.2) is 23.5 Å². The second-order valence-corrected chi connectivity index (χ2v) is 3.81. The lowest BCUT2D eigenvalue weighted by Crippen LogP contribution is -2.38. The van der Waals surface area contributed by atoms with Crippen LogP contribution < -0.4 is 0 Å². The Morgan fingerprint density at radius 3 is 2.73 bits per heavy atom. The van der Waals surface area contributed by atoms with Gasteiger partial charge in [-0.15, -0.1) is 0 Å². The van der Waals surface area contributed by atoms with Gasteiger partial charge in [-0.25, -0.2) is 0 Å². The molecule has 0 aliphatic carbocycles. The average Bonchev–Trinajstić information content (AvgIpc) is 2.25. The molecule has 0 atom stereocenters. The van der Waals surface area contributed by atoms with E-state index in [1.54, 1.807) is 0 Å². The van der Waals surface area contributed by atoms with Crippen LogP contribution >= 0.6 is 0 Å². The maximum absolute atomic E-state index is 8.42. The minimum atomic E-state index is 0.344. The van der Waals surface area contributed by atoms with E-state index in [0.717, 1.165) is 6.54 Å². The van der Waals surface area contributed by atoms with E-state index in [-0.39, 0.29) is 0 Å². The summed E-state index contributed by atoms with van der Waals surface area (Å²) in [7, 11) is 0. The predicted molar refractivity (Wildman–Crippen MR) is 45.1 cm³/mol. The highest BCUT2D eigenvalue weighted by molar-refractivity contribution is 4.89. The molecule has 0 spiro atoms. The average molecular weight is 152 g/mol. The van der Waals surface area contributed by atoms with Crippen molar-refractivity contribution in [2.45, 2.75) is 38.6 Å². The van der Waals surface area contributed by atoms with Gasteiger partial charge in [-0.05, 0) is 33.2 Å². The van der Waals surface area contributed by atoms with E-state index in [1.165, 1.54) is 19.4 Å². The molecule has 0 aromatic carbocycles. The van der Waals surface area contributed by atoms with E-state index >= 15 is 0 Å². The molecule has 1 heterocycles. The van der Waals surface area contributed by atoms with Gasteiger partial charge in [-0.3, -0.25) is 4.90 Å². The highest BCUT2D eigenvalue weighted by Crippen LogP contribution is 2.27. The predicted octanol–water partition coefficient (Wildman–Crippen LogP) is 1.77. The van der Waals surface area contributed by atoms with E-state index in [1.807, 2.05) is 0 Å². The van der Waals surface area contributed by atoms with Gasteiger partial charge in [-0.2, -0.15) is 5.26 Å². The quantitative estimate of drug-likeness (QED) is 0.603. The molecule has 2 heteroatoms. The zero-order valence-corrected chi connectivity index (χ0v) is 7.43. The van der Waals surface area contributed by atoms with Gasteiger partial charge in [0.15, 0.2) is 0 Å². The Hall–Kier alpha value is -0.550. The molecule has 1 saturated heterocycles. The first-order chi connectivity index (χ1) is 5.17. The molecule has 1 fully saturated rings. The summed E-state index contributed by atoms with van der Waals surface area (Å²) in [4.78, 5) is 2.41. The number of hydrogen-bond donors (Lipinski definition) is 0. The fourth-order valence-corrected chi connectivity index (χ4v) is 1.76. The second kappa shape index (κ2) is 3.23. The molecule has 0 aromatic heterocycles. The molecule has 0 unspecified atom stereocenters. The van der Waals surface area contributed by atoms with Crippen molar-refractivity contribution in [3.8, 4) is 6.07 Å². The highest BCUT2D eigenvalue weighted by atomic mass is 15.2. The number of rotatable bonds is 2. The van der Waals surface area contributed by atoms with Crippen LogP contribution in [-0.2, 0) is 0 Å². The summed E-state index contributed by atoms with van der Waals surface area (Å²) in [5.74, 6) is 0. The van der Waals surface area contributed by atoms with E-state index < -0.39 is 0 Å². The number of hydrogen-bond acceptors (Lipinski definition) is 2. The smallest absolute Gasteiger partial charge is 0.0635 e. The molecular formula is C9H16N2. The number of likely N-dealkylation sites (tertiary alicyclic amines) is 1. The third-order valence-corrected chi connectivity index (χ3v) is 2.57. The van der Waals surface area contributed by atoms with Crippen molar-refractivity contribution in [3.05, 3.63) is 0 Å². The minimum absolute atomic E-state index is 0.344. The van der Waals surface area contributed by atoms with Crippen LogP contribution in [0, 0.1) is 11.3 Å². The summed E-state index contributed by atoms with van der Waals surface area (Å²) in [6, 6.07) is 2.19. The summed E-state index contributed by atoms with van der Waals surface area (Å²) in [5.41, 5.74) is 0.344. The molecular weight excluding hydrogens is 136 g/mol. The second-order valence-electron chi connectivity index (χ2n) is 3.81. The molecule has 0 N–H and O–H groups in total.